The predicted octanol–water partition coefficient (Wildman–Crippen LogP) is -0.133. The van der Waals surface area contributed by atoms with Crippen molar-refractivity contribution in [2.75, 3.05) is 0 Å². The Morgan fingerprint density at radius 3 is 2.20 bits per heavy atom. The van der Waals surface area contributed by atoms with E-state index in [1.807, 2.05) is 0 Å². The maximum absolute atomic E-state index is 9.30. The van der Waals surface area contributed by atoms with Crippen LogP contribution in [0.25, 0.3) is 0 Å². The van der Waals surface area contributed by atoms with Gasteiger partial charge < -0.3 is 0 Å². The molecule has 0 saturated heterocycles. The molecule has 0 aliphatic rings. The van der Waals surface area contributed by atoms with Gasteiger partial charge in [0, 0.05) is 0 Å². The molecule has 0 bridgehead atoms. The van der Waals surface area contributed by atoms with Gasteiger partial charge in [0.25, 0.3) is 0 Å². The van der Waals surface area contributed by atoms with Gasteiger partial charge in [0.15, 0.2) is 0 Å². The van der Waals surface area contributed by atoms with Crippen molar-refractivity contribution < 1.29 is 4.79 Å². The molecule has 0 atom stereocenters. The Balaban J connectivity index is 2.92. The zero-order chi connectivity index (χ0) is 4.12. The molecule has 1 radical (unpaired) electrons. The van der Waals surface area contributed by atoms with Crippen molar-refractivity contribution in [1.82, 2.24) is 0 Å². The molecule has 0 saturated carbocycles. The van der Waals surface area contributed by atoms with Crippen LogP contribution in [0.2, 0.25) is 0 Å². The van der Waals surface area contributed by atoms with E-state index in [1.54, 1.807) is 4.97 Å². The fourth-order valence-corrected chi connectivity index (χ4v) is 0.167. The summed E-state index contributed by atoms with van der Waals surface area (Å²) in [6, 6.07) is 0. The van der Waals surface area contributed by atoms with Gasteiger partial charge in [-0.2, -0.15) is 0 Å². The number of carbonyl (C=O) groups is 1. The standard InChI is InChI=1S/C3H3OSe/c4-2-1-3-5/h1-3H/b3-1+. The van der Waals surface area contributed by atoms with Gasteiger partial charge in [-0.3, -0.25) is 0 Å². The van der Waals surface area contributed by atoms with E-state index in [4.69, 9.17) is 0 Å². The molecule has 0 rings (SSSR count). The van der Waals surface area contributed by atoms with Gasteiger partial charge in [-0.15, -0.1) is 0 Å². The molecule has 0 heterocycles. The molecule has 0 spiro atoms. The summed E-state index contributed by atoms with van der Waals surface area (Å²) in [5, 5.41) is 0. The van der Waals surface area contributed by atoms with Gasteiger partial charge in [-0.05, 0) is 0 Å². The van der Waals surface area contributed by atoms with Crippen LogP contribution in [-0.4, -0.2) is 22.3 Å². The Morgan fingerprint density at radius 1 is 1.60 bits per heavy atom. The summed E-state index contributed by atoms with van der Waals surface area (Å²) in [4.78, 5) is 10.9. The molecule has 0 aromatic rings. The van der Waals surface area contributed by atoms with Gasteiger partial charge in [0.2, 0.25) is 0 Å². The Morgan fingerprint density at radius 2 is 2.20 bits per heavy atom. The van der Waals surface area contributed by atoms with Crippen LogP contribution in [0.15, 0.2) is 11.1 Å². The molecule has 0 unspecified atom stereocenters. The Hall–Kier alpha value is -0.0705. The van der Waals surface area contributed by atoms with Crippen molar-refractivity contribution >= 4 is 22.3 Å². The molecule has 0 aliphatic heterocycles. The summed E-state index contributed by atoms with van der Waals surface area (Å²) in [6.07, 6.45) is 2.11. The predicted molar refractivity (Wildman–Crippen MR) is 21.0 cm³/mol. The number of allylic oxidation sites excluding steroid dienone is 1. The van der Waals surface area contributed by atoms with Gasteiger partial charge in [-0.25, -0.2) is 0 Å². The summed E-state index contributed by atoms with van der Waals surface area (Å²) >= 11 is 2.53. The van der Waals surface area contributed by atoms with Gasteiger partial charge in [-0.1, -0.05) is 0 Å². The van der Waals surface area contributed by atoms with Crippen LogP contribution in [0.4, 0.5) is 0 Å². The van der Waals surface area contributed by atoms with Crippen LogP contribution < -0.4 is 0 Å². The quantitative estimate of drug-likeness (QED) is 0.277. The fourth-order valence-electron chi connectivity index (χ4n) is 0.0321. The van der Waals surface area contributed by atoms with Crippen LogP contribution >= 0.6 is 0 Å². The summed E-state index contributed by atoms with van der Waals surface area (Å²) in [5.74, 6) is 0. The second-order valence-corrected chi connectivity index (χ2v) is 1.04. The Bertz CT molecular complexity index is 48.9. The number of rotatable bonds is 1. The molecule has 0 aromatic carbocycles. The van der Waals surface area contributed by atoms with Crippen molar-refractivity contribution in [2.24, 2.45) is 0 Å². The van der Waals surface area contributed by atoms with Crippen molar-refractivity contribution in [3.63, 3.8) is 0 Å². The number of aldehydes is 1. The van der Waals surface area contributed by atoms with E-state index in [9.17, 15) is 4.79 Å². The second kappa shape index (κ2) is 3.93. The summed E-state index contributed by atoms with van der Waals surface area (Å²) in [5.41, 5.74) is 0. The van der Waals surface area contributed by atoms with Crippen molar-refractivity contribution in [1.29, 1.82) is 0 Å². The number of carbonyl (C=O) groups excluding carboxylic acids is 1. The van der Waals surface area contributed by atoms with Gasteiger partial charge >= 0.3 is 38.1 Å². The second-order valence-electron chi connectivity index (χ2n) is 0.465. The fraction of sp³-hybridized carbons (Fsp3) is 0. The maximum atomic E-state index is 9.30. The van der Waals surface area contributed by atoms with Crippen molar-refractivity contribution in [3.05, 3.63) is 11.1 Å². The molecule has 0 aromatic heterocycles. The average molecular weight is 134 g/mol. The molecule has 0 N–H and O–H groups in total. The SMILES string of the molecule is O=C/C=C/[Se]. The first-order chi connectivity index (χ1) is 2.41. The number of hydrogen-bond acceptors (Lipinski definition) is 1. The first kappa shape index (κ1) is 4.93. The summed E-state index contributed by atoms with van der Waals surface area (Å²) in [6.45, 7) is 0. The van der Waals surface area contributed by atoms with Crippen LogP contribution in [0.3, 0.4) is 0 Å². The summed E-state index contributed by atoms with van der Waals surface area (Å²) in [7, 11) is 0. The normalized spacial score (nSPS) is 8.80. The van der Waals surface area contributed by atoms with E-state index in [1.165, 1.54) is 6.08 Å². The van der Waals surface area contributed by atoms with E-state index >= 15 is 0 Å². The third kappa shape index (κ3) is 3.93. The van der Waals surface area contributed by atoms with Crippen molar-refractivity contribution in [3.8, 4) is 0 Å². The van der Waals surface area contributed by atoms with E-state index < -0.39 is 0 Å². The number of hydrogen-bond donors (Lipinski definition) is 0. The topological polar surface area (TPSA) is 17.1 Å². The third-order valence-electron chi connectivity index (χ3n) is 0.157. The first-order valence-corrected chi connectivity index (χ1v) is 2.13. The van der Waals surface area contributed by atoms with Gasteiger partial charge in [0.1, 0.15) is 0 Å². The molecular formula is C3H3OSe. The van der Waals surface area contributed by atoms with E-state index in [0.717, 1.165) is 6.29 Å². The van der Waals surface area contributed by atoms with E-state index in [-0.39, 0.29) is 0 Å². The zero-order valence-corrected chi connectivity index (χ0v) is 4.26. The molecule has 27 valence electrons. The van der Waals surface area contributed by atoms with Crippen LogP contribution in [0.5, 0.6) is 0 Å². The monoisotopic (exact) mass is 135 g/mol. The molecular weight excluding hydrogens is 131 g/mol. The molecule has 5 heavy (non-hydrogen) atoms. The average Bonchev–Trinajstić information content (AvgIpc) is 1.41. The van der Waals surface area contributed by atoms with Crippen molar-refractivity contribution in [2.45, 2.75) is 0 Å². The zero-order valence-electron chi connectivity index (χ0n) is 2.55. The minimum absolute atomic E-state index is 0.719. The molecule has 1 nitrogen and oxygen atoms in total. The van der Waals surface area contributed by atoms with E-state index in [0.29, 0.717) is 0 Å². The van der Waals surface area contributed by atoms with E-state index in [2.05, 4.69) is 16.0 Å². The van der Waals surface area contributed by atoms with Gasteiger partial charge in [0.05, 0.1) is 0 Å². The minimum atomic E-state index is 0.719. The summed E-state index contributed by atoms with van der Waals surface area (Å²) < 4.78 is 0. The third-order valence-corrected chi connectivity index (χ3v) is 0.487. The molecule has 0 fully saturated rings. The van der Waals surface area contributed by atoms with Crippen LogP contribution in [0, 0.1) is 0 Å². The molecule has 2 heteroatoms. The Kier molecular flexibility index (Phi) is 3.87. The molecule has 0 amide bonds. The molecule has 0 aliphatic carbocycles. The van der Waals surface area contributed by atoms with Crippen LogP contribution in [-0.2, 0) is 4.79 Å². The van der Waals surface area contributed by atoms with Crippen LogP contribution in [0.1, 0.15) is 0 Å². The first-order valence-electron chi connectivity index (χ1n) is 1.14. The Labute approximate surface area is 38.9 Å².